The molecule has 1 aromatic rings. The van der Waals surface area contributed by atoms with Crippen LogP contribution < -0.4 is 15.4 Å². The van der Waals surface area contributed by atoms with Crippen molar-refractivity contribution in [2.45, 2.75) is 31.7 Å². The molecule has 0 aromatic carbocycles. The minimum Gasteiger partial charge on any atom is -0.355 e. The molecule has 9 heteroatoms. The van der Waals surface area contributed by atoms with Crippen molar-refractivity contribution in [3.05, 3.63) is 12.0 Å². The van der Waals surface area contributed by atoms with E-state index in [4.69, 9.17) is 0 Å². The fraction of sp³-hybridized carbons (Fsp3) is 0.692. The maximum Gasteiger partial charge on any atom is 0.259 e. The van der Waals surface area contributed by atoms with E-state index < -0.39 is 10.0 Å². The highest BCUT2D eigenvalue weighted by Gasteiger charge is 2.18. The van der Waals surface area contributed by atoms with Gasteiger partial charge in [-0.05, 0) is 19.9 Å². The predicted molar refractivity (Wildman–Crippen MR) is 83.9 cm³/mol. The van der Waals surface area contributed by atoms with Gasteiger partial charge in [0.05, 0.1) is 0 Å². The Balaban J connectivity index is 2.29. The van der Waals surface area contributed by atoms with Gasteiger partial charge >= 0.3 is 0 Å². The van der Waals surface area contributed by atoms with Crippen LogP contribution in [0.3, 0.4) is 0 Å². The van der Waals surface area contributed by atoms with Gasteiger partial charge in [-0.25, -0.2) is 18.1 Å². The van der Waals surface area contributed by atoms with Crippen molar-refractivity contribution in [1.82, 2.24) is 24.9 Å². The number of hydrogen-bond donors (Lipinski definition) is 3. The molecule has 0 unspecified atom stereocenters. The van der Waals surface area contributed by atoms with E-state index in [1.165, 1.54) is 6.20 Å². The maximum atomic E-state index is 12.0. The molecular formula is C13H25N5O3S. The van der Waals surface area contributed by atoms with E-state index in [9.17, 15) is 13.2 Å². The lowest BCUT2D eigenvalue weighted by molar-refractivity contribution is -0.120. The Kier molecular flexibility index (Phi) is 7.49. The number of rotatable bonds is 10. The fourth-order valence-corrected chi connectivity index (χ4v) is 2.78. The number of imidazole rings is 1. The first-order chi connectivity index (χ1) is 10.4. The van der Waals surface area contributed by atoms with Crippen LogP contribution in [-0.4, -0.2) is 50.1 Å². The molecule has 0 radical (unpaired) electrons. The minimum atomic E-state index is -3.66. The zero-order valence-corrected chi connectivity index (χ0v) is 14.2. The smallest absolute Gasteiger partial charge is 0.259 e. The van der Waals surface area contributed by atoms with Gasteiger partial charge < -0.3 is 15.2 Å². The van der Waals surface area contributed by atoms with Crippen LogP contribution >= 0.6 is 0 Å². The lowest BCUT2D eigenvalue weighted by Crippen LogP contribution is -2.34. The average molecular weight is 331 g/mol. The molecule has 0 spiro atoms. The standard InChI is InChI=1S/C13H25N5O3S/c1-4-6-14-8-9-15-12(19)5-7-16-22(20,21)13-10-18(3)11(2)17-13/h10,14,16H,4-9H2,1-3H3,(H,15,19). The van der Waals surface area contributed by atoms with Crippen LogP contribution in [0.25, 0.3) is 0 Å². The highest BCUT2D eigenvalue weighted by Crippen LogP contribution is 2.07. The van der Waals surface area contributed by atoms with Crippen LogP contribution in [0.2, 0.25) is 0 Å². The van der Waals surface area contributed by atoms with Crippen molar-refractivity contribution in [3.63, 3.8) is 0 Å². The minimum absolute atomic E-state index is 0.0309. The number of carbonyl (C=O) groups excluding carboxylic acids is 1. The van der Waals surface area contributed by atoms with Gasteiger partial charge in [0.1, 0.15) is 5.82 Å². The number of nitrogens with one attached hydrogen (secondary N) is 3. The number of amides is 1. The van der Waals surface area contributed by atoms with Gasteiger partial charge in [-0.15, -0.1) is 0 Å². The summed E-state index contributed by atoms with van der Waals surface area (Å²) in [5.41, 5.74) is 0. The summed E-state index contributed by atoms with van der Waals surface area (Å²) in [6.07, 6.45) is 2.58. The second kappa shape index (κ2) is 8.86. The quantitative estimate of drug-likeness (QED) is 0.502. The molecule has 0 fully saturated rings. The third kappa shape index (κ3) is 6.12. The van der Waals surface area contributed by atoms with E-state index in [0.29, 0.717) is 18.9 Å². The molecule has 3 N–H and O–H groups in total. The zero-order valence-electron chi connectivity index (χ0n) is 13.3. The summed E-state index contributed by atoms with van der Waals surface area (Å²) in [5.74, 6) is 0.427. The number of sulfonamides is 1. The van der Waals surface area contributed by atoms with Crippen molar-refractivity contribution in [2.75, 3.05) is 26.2 Å². The summed E-state index contributed by atoms with van der Waals surface area (Å²) in [6, 6.07) is 0. The van der Waals surface area contributed by atoms with Crippen LogP contribution in [0, 0.1) is 6.92 Å². The van der Waals surface area contributed by atoms with E-state index in [-0.39, 0.29) is 23.9 Å². The number of hydrogen-bond acceptors (Lipinski definition) is 5. The monoisotopic (exact) mass is 331 g/mol. The SMILES string of the molecule is CCCNCCNC(=O)CCNS(=O)(=O)c1cn(C)c(C)n1. The summed E-state index contributed by atoms with van der Waals surface area (Å²) in [4.78, 5) is 15.5. The summed E-state index contributed by atoms with van der Waals surface area (Å²) < 4.78 is 28.0. The van der Waals surface area contributed by atoms with Crippen molar-refractivity contribution in [3.8, 4) is 0 Å². The Hall–Kier alpha value is -1.45. The molecule has 0 aliphatic carbocycles. The summed E-state index contributed by atoms with van der Waals surface area (Å²) in [7, 11) is -1.94. The topological polar surface area (TPSA) is 105 Å². The first-order valence-electron chi connectivity index (χ1n) is 7.34. The Morgan fingerprint density at radius 3 is 2.59 bits per heavy atom. The fourth-order valence-electron chi connectivity index (χ4n) is 1.71. The van der Waals surface area contributed by atoms with Gasteiger partial charge in [-0.3, -0.25) is 4.79 Å². The summed E-state index contributed by atoms with van der Waals surface area (Å²) in [6.45, 7) is 5.99. The van der Waals surface area contributed by atoms with Gasteiger partial charge in [0.2, 0.25) is 5.91 Å². The summed E-state index contributed by atoms with van der Waals surface area (Å²) in [5, 5.41) is 5.86. The first kappa shape index (κ1) is 18.6. The number of aryl methyl sites for hydroxylation is 2. The Labute approximate surface area is 131 Å². The zero-order chi connectivity index (χ0) is 16.6. The Morgan fingerprint density at radius 1 is 1.27 bits per heavy atom. The molecule has 1 amide bonds. The summed E-state index contributed by atoms with van der Waals surface area (Å²) >= 11 is 0. The third-order valence-corrected chi connectivity index (χ3v) is 4.39. The van der Waals surface area contributed by atoms with Crippen LogP contribution in [-0.2, 0) is 21.9 Å². The van der Waals surface area contributed by atoms with E-state index in [0.717, 1.165) is 13.0 Å². The van der Waals surface area contributed by atoms with Crippen LogP contribution in [0.15, 0.2) is 11.2 Å². The number of aromatic nitrogens is 2. The number of nitrogens with zero attached hydrogens (tertiary/aromatic N) is 2. The first-order valence-corrected chi connectivity index (χ1v) is 8.82. The lowest BCUT2D eigenvalue weighted by atomic mass is 10.4. The van der Waals surface area contributed by atoms with Crippen LogP contribution in [0.4, 0.5) is 0 Å². The van der Waals surface area contributed by atoms with Crippen molar-refractivity contribution < 1.29 is 13.2 Å². The molecule has 0 aliphatic rings. The highest BCUT2D eigenvalue weighted by molar-refractivity contribution is 7.89. The molecule has 8 nitrogen and oxygen atoms in total. The molecule has 1 aromatic heterocycles. The lowest BCUT2D eigenvalue weighted by Gasteiger charge is -2.07. The normalized spacial score (nSPS) is 11.6. The predicted octanol–water partition coefficient (Wildman–Crippen LogP) is -0.487. The molecule has 0 bridgehead atoms. The molecule has 0 atom stereocenters. The van der Waals surface area contributed by atoms with Crippen molar-refractivity contribution in [1.29, 1.82) is 0 Å². The maximum absolute atomic E-state index is 12.0. The molecule has 0 saturated heterocycles. The van der Waals surface area contributed by atoms with Gasteiger partial charge in [0, 0.05) is 39.3 Å². The van der Waals surface area contributed by atoms with Crippen molar-refractivity contribution in [2.24, 2.45) is 7.05 Å². The molecule has 126 valence electrons. The third-order valence-electron chi connectivity index (χ3n) is 3.06. The second-order valence-electron chi connectivity index (χ2n) is 4.98. The van der Waals surface area contributed by atoms with E-state index >= 15 is 0 Å². The molecule has 1 rings (SSSR count). The second-order valence-corrected chi connectivity index (χ2v) is 6.70. The largest absolute Gasteiger partial charge is 0.355 e. The van der Waals surface area contributed by atoms with Gasteiger partial charge in [-0.2, -0.15) is 0 Å². The van der Waals surface area contributed by atoms with Crippen molar-refractivity contribution >= 4 is 15.9 Å². The molecule has 0 saturated carbocycles. The van der Waals surface area contributed by atoms with E-state index in [2.05, 4.69) is 27.3 Å². The highest BCUT2D eigenvalue weighted by atomic mass is 32.2. The van der Waals surface area contributed by atoms with E-state index in [1.54, 1.807) is 18.5 Å². The van der Waals surface area contributed by atoms with Gasteiger partial charge in [0.25, 0.3) is 10.0 Å². The van der Waals surface area contributed by atoms with Crippen LogP contribution in [0.5, 0.6) is 0 Å². The Bertz CT molecular complexity index is 563. The number of carbonyl (C=O) groups is 1. The molecular weight excluding hydrogens is 306 g/mol. The van der Waals surface area contributed by atoms with Gasteiger partial charge in [-0.1, -0.05) is 6.92 Å². The van der Waals surface area contributed by atoms with E-state index in [1.807, 2.05) is 0 Å². The van der Waals surface area contributed by atoms with Gasteiger partial charge in [0.15, 0.2) is 5.03 Å². The molecule has 0 aliphatic heterocycles. The average Bonchev–Trinajstić information content (AvgIpc) is 2.79. The Morgan fingerprint density at radius 2 is 2.00 bits per heavy atom. The van der Waals surface area contributed by atoms with Crippen LogP contribution in [0.1, 0.15) is 25.6 Å². The molecule has 22 heavy (non-hydrogen) atoms. The molecule has 1 heterocycles.